The molecule has 2 amide bonds. The van der Waals surface area contributed by atoms with Crippen molar-refractivity contribution in [3.8, 4) is 0 Å². The van der Waals surface area contributed by atoms with Gasteiger partial charge in [0, 0.05) is 0 Å². The summed E-state index contributed by atoms with van der Waals surface area (Å²) >= 11 is 0. The lowest BCUT2D eigenvalue weighted by Crippen LogP contribution is -2.48. The van der Waals surface area contributed by atoms with Crippen molar-refractivity contribution in [1.82, 2.24) is 10.9 Å². The van der Waals surface area contributed by atoms with Crippen molar-refractivity contribution in [2.24, 2.45) is 21.9 Å². The Labute approximate surface area is 107 Å². The molecule has 0 aromatic heterocycles. The Morgan fingerprint density at radius 2 is 1.22 bits per heavy atom. The molecule has 0 aromatic rings. The summed E-state index contributed by atoms with van der Waals surface area (Å²) in [6, 6.07) is 0. The standard InChI is InChI=1S/C10H22N6O2/c1-5-9(3,7(17)13-11)15-16-10(4,6-2)8(18)14-12/h5-6,11-12H2,1-4H3,(H,13,17)(H,14,18). The molecule has 0 heterocycles. The topological polar surface area (TPSA) is 135 Å². The Morgan fingerprint density at radius 1 is 0.944 bits per heavy atom. The summed E-state index contributed by atoms with van der Waals surface area (Å²) in [5.74, 6) is 9.27. The Morgan fingerprint density at radius 3 is 1.39 bits per heavy atom. The van der Waals surface area contributed by atoms with E-state index in [1.807, 2.05) is 10.9 Å². The van der Waals surface area contributed by atoms with Gasteiger partial charge in [-0.1, -0.05) is 13.8 Å². The highest BCUT2D eigenvalue weighted by Crippen LogP contribution is 2.21. The van der Waals surface area contributed by atoms with Crippen LogP contribution in [0.4, 0.5) is 0 Å². The summed E-state index contributed by atoms with van der Waals surface area (Å²) in [4.78, 5) is 23.2. The summed E-state index contributed by atoms with van der Waals surface area (Å²) < 4.78 is 0. The van der Waals surface area contributed by atoms with Crippen LogP contribution >= 0.6 is 0 Å². The zero-order valence-corrected chi connectivity index (χ0v) is 11.3. The van der Waals surface area contributed by atoms with Crippen LogP contribution in [0.2, 0.25) is 0 Å². The summed E-state index contributed by atoms with van der Waals surface area (Å²) in [5.41, 5.74) is 1.88. The molecule has 0 saturated carbocycles. The second kappa shape index (κ2) is 6.41. The summed E-state index contributed by atoms with van der Waals surface area (Å²) in [6.45, 7) is 6.74. The van der Waals surface area contributed by atoms with E-state index in [1.165, 1.54) is 0 Å². The number of nitrogens with two attached hydrogens (primary N) is 2. The molecule has 0 saturated heterocycles. The number of azo groups is 1. The van der Waals surface area contributed by atoms with E-state index in [9.17, 15) is 9.59 Å². The largest absolute Gasteiger partial charge is 0.292 e. The molecule has 104 valence electrons. The highest BCUT2D eigenvalue weighted by Gasteiger charge is 2.35. The van der Waals surface area contributed by atoms with Gasteiger partial charge in [0.25, 0.3) is 11.8 Å². The minimum atomic E-state index is -1.10. The number of carbonyl (C=O) groups excluding carboxylic acids is 2. The lowest BCUT2D eigenvalue weighted by molar-refractivity contribution is -0.128. The zero-order valence-electron chi connectivity index (χ0n) is 11.3. The van der Waals surface area contributed by atoms with Crippen molar-refractivity contribution in [1.29, 1.82) is 0 Å². The van der Waals surface area contributed by atoms with Crippen molar-refractivity contribution in [2.75, 3.05) is 0 Å². The van der Waals surface area contributed by atoms with E-state index in [4.69, 9.17) is 11.7 Å². The van der Waals surface area contributed by atoms with Crippen molar-refractivity contribution >= 4 is 11.8 Å². The van der Waals surface area contributed by atoms with E-state index in [-0.39, 0.29) is 0 Å². The first-order valence-electron chi connectivity index (χ1n) is 5.75. The van der Waals surface area contributed by atoms with Gasteiger partial charge in [-0.3, -0.25) is 20.4 Å². The van der Waals surface area contributed by atoms with Gasteiger partial charge >= 0.3 is 0 Å². The van der Waals surface area contributed by atoms with E-state index >= 15 is 0 Å². The molecule has 0 radical (unpaired) electrons. The number of nitrogens with zero attached hydrogens (tertiary/aromatic N) is 2. The third-order valence-corrected chi connectivity index (χ3v) is 3.11. The normalized spacial score (nSPS) is 17.9. The van der Waals surface area contributed by atoms with Crippen molar-refractivity contribution in [2.45, 2.75) is 51.6 Å². The molecule has 2 atom stereocenters. The van der Waals surface area contributed by atoms with Crippen LogP contribution in [0.25, 0.3) is 0 Å². The van der Waals surface area contributed by atoms with Gasteiger partial charge in [0.2, 0.25) is 0 Å². The number of hydrogen-bond acceptors (Lipinski definition) is 6. The van der Waals surface area contributed by atoms with Crippen molar-refractivity contribution < 1.29 is 9.59 Å². The molecule has 0 fully saturated rings. The number of carbonyl (C=O) groups is 2. The van der Waals surface area contributed by atoms with Gasteiger partial charge in [0.1, 0.15) is 0 Å². The molecule has 18 heavy (non-hydrogen) atoms. The number of amides is 2. The molecule has 0 aliphatic heterocycles. The van der Waals surface area contributed by atoms with E-state index in [1.54, 1.807) is 27.7 Å². The van der Waals surface area contributed by atoms with Gasteiger partial charge in [-0.2, -0.15) is 10.2 Å². The number of hydrogen-bond donors (Lipinski definition) is 4. The molecule has 8 nitrogen and oxygen atoms in total. The third kappa shape index (κ3) is 3.47. The van der Waals surface area contributed by atoms with Gasteiger partial charge in [0.05, 0.1) is 0 Å². The van der Waals surface area contributed by atoms with Crippen LogP contribution in [0.3, 0.4) is 0 Å². The molecule has 8 heteroatoms. The molecule has 0 spiro atoms. The Hall–Kier alpha value is -1.54. The maximum Gasteiger partial charge on any atom is 0.263 e. The minimum Gasteiger partial charge on any atom is -0.292 e. The fraction of sp³-hybridized carbons (Fsp3) is 0.800. The maximum absolute atomic E-state index is 11.6. The molecule has 0 rings (SSSR count). The highest BCUT2D eigenvalue weighted by molar-refractivity contribution is 5.86. The minimum absolute atomic E-state index is 0.406. The fourth-order valence-electron chi connectivity index (χ4n) is 1.09. The second-order valence-electron chi connectivity index (χ2n) is 4.40. The quantitative estimate of drug-likeness (QED) is 0.226. The Balaban J connectivity index is 5.20. The number of rotatable bonds is 6. The molecule has 0 aromatic carbocycles. The maximum atomic E-state index is 11.6. The monoisotopic (exact) mass is 258 g/mol. The molecular formula is C10H22N6O2. The lowest BCUT2D eigenvalue weighted by atomic mass is 9.98. The number of hydrazine groups is 2. The van der Waals surface area contributed by atoms with Crippen molar-refractivity contribution in [3.05, 3.63) is 0 Å². The lowest BCUT2D eigenvalue weighted by Gasteiger charge is -2.24. The first-order chi connectivity index (χ1) is 8.29. The molecule has 0 aliphatic rings. The Kier molecular flexibility index (Phi) is 5.86. The van der Waals surface area contributed by atoms with Gasteiger partial charge in [0.15, 0.2) is 11.1 Å². The highest BCUT2D eigenvalue weighted by atomic mass is 16.2. The SMILES string of the molecule is CCC(C)(N=NC(C)(CC)C(=O)NN)C(=O)NN. The first kappa shape index (κ1) is 16.5. The average molecular weight is 258 g/mol. The van der Waals surface area contributed by atoms with E-state index in [2.05, 4.69) is 10.2 Å². The van der Waals surface area contributed by atoms with Crippen LogP contribution in [-0.4, -0.2) is 22.9 Å². The average Bonchev–Trinajstić information content (AvgIpc) is 2.42. The van der Waals surface area contributed by atoms with Crippen LogP contribution in [0.1, 0.15) is 40.5 Å². The summed E-state index contributed by atoms with van der Waals surface area (Å²) in [5, 5.41) is 7.95. The van der Waals surface area contributed by atoms with Gasteiger partial charge in [-0.05, 0) is 26.7 Å². The zero-order chi connectivity index (χ0) is 14.4. The molecule has 6 N–H and O–H groups in total. The van der Waals surface area contributed by atoms with Crippen LogP contribution in [0.15, 0.2) is 10.2 Å². The fourth-order valence-corrected chi connectivity index (χ4v) is 1.09. The summed E-state index contributed by atoms with van der Waals surface area (Å²) in [7, 11) is 0. The van der Waals surface area contributed by atoms with E-state index in [0.29, 0.717) is 12.8 Å². The van der Waals surface area contributed by atoms with E-state index in [0.717, 1.165) is 0 Å². The number of nitrogens with one attached hydrogen (secondary N) is 2. The van der Waals surface area contributed by atoms with E-state index < -0.39 is 22.9 Å². The predicted octanol–water partition coefficient (Wildman–Crippen LogP) is -0.244. The molecule has 2 unspecified atom stereocenters. The summed E-state index contributed by atoms with van der Waals surface area (Å²) in [6.07, 6.45) is 0.813. The van der Waals surface area contributed by atoms with Gasteiger partial charge in [-0.15, -0.1) is 0 Å². The van der Waals surface area contributed by atoms with Gasteiger partial charge < -0.3 is 0 Å². The van der Waals surface area contributed by atoms with Crippen LogP contribution in [0, 0.1) is 0 Å². The van der Waals surface area contributed by atoms with Crippen LogP contribution < -0.4 is 22.5 Å². The molecular weight excluding hydrogens is 236 g/mol. The first-order valence-corrected chi connectivity index (χ1v) is 5.75. The third-order valence-electron chi connectivity index (χ3n) is 3.11. The Bertz CT molecular complexity index is 313. The molecule has 0 bridgehead atoms. The van der Waals surface area contributed by atoms with Crippen molar-refractivity contribution in [3.63, 3.8) is 0 Å². The predicted molar refractivity (Wildman–Crippen MR) is 66.9 cm³/mol. The second-order valence-corrected chi connectivity index (χ2v) is 4.40. The van der Waals surface area contributed by atoms with Crippen LogP contribution in [-0.2, 0) is 9.59 Å². The van der Waals surface area contributed by atoms with Gasteiger partial charge in [-0.25, -0.2) is 11.7 Å². The smallest absolute Gasteiger partial charge is 0.263 e. The molecule has 0 aliphatic carbocycles. The van der Waals surface area contributed by atoms with Crippen LogP contribution in [0.5, 0.6) is 0 Å².